The Bertz CT molecular complexity index is 552. The van der Waals surface area contributed by atoms with Crippen LogP contribution in [0.25, 0.3) is 0 Å². The van der Waals surface area contributed by atoms with Gasteiger partial charge in [-0.25, -0.2) is 4.98 Å². The molecule has 2 N–H and O–H groups in total. The molecule has 0 bridgehead atoms. The molecule has 1 amide bonds. The van der Waals surface area contributed by atoms with E-state index in [1.165, 1.54) is 6.20 Å². The van der Waals surface area contributed by atoms with Crippen LogP contribution in [0.1, 0.15) is 30.3 Å². The summed E-state index contributed by atoms with van der Waals surface area (Å²) in [6.07, 6.45) is 3.50. The summed E-state index contributed by atoms with van der Waals surface area (Å²) >= 11 is 0. The van der Waals surface area contributed by atoms with Crippen molar-refractivity contribution in [1.29, 1.82) is 0 Å². The van der Waals surface area contributed by atoms with E-state index in [1.54, 1.807) is 17.0 Å². The van der Waals surface area contributed by atoms with Gasteiger partial charge in [0, 0.05) is 12.2 Å². The highest BCUT2D eigenvalue weighted by molar-refractivity contribution is 6.04. The first-order chi connectivity index (χ1) is 9.72. The third-order valence-electron chi connectivity index (χ3n) is 3.05. The van der Waals surface area contributed by atoms with Crippen LogP contribution in [0, 0.1) is 0 Å². The van der Waals surface area contributed by atoms with E-state index in [0.29, 0.717) is 17.9 Å². The molecule has 1 aromatic heterocycles. The standard InChI is InChI=1S/C16H19N3O/c1-2-3-11-19(14-7-5-4-6-8-14)16(20)15-10-9-13(17)12-18-15/h4-10,12H,2-3,11,17H2,1H3. The molecule has 2 aromatic rings. The third kappa shape index (κ3) is 3.35. The van der Waals surface area contributed by atoms with E-state index >= 15 is 0 Å². The van der Waals surface area contributed by atoms with Gasteiger partial charge >= 0.3 is 0 Å². The van der Waals surface area contributed by atoms with E-state index in [2.05, 4.69) is 11.9 Å². The van der Waals surface area contributed by atoms with Crippen LogP contribution in [0.5, 0.6) is 0 Å². The number of carbonyl (C=O) groups excluding carboxylic acids is 1. The minimum atomic E-state index is -0.0929. The van der Waals surface area contributed by atoms with Gasteiger partial charge in [-0.1, -0.05) is 31.5 Å². The number of rotatable bonds is 5. The monoisotopic (exact) mass is 269 g/mol. The summed E-state index contributed by atoms with van der Waals surface area (Å²) in [7, 11) is 0. The molecule has 104 valence electrons. The molecule has 1 aromatic carbocycles. The maximum absolute atomic E-state index is 12.6. The number of para-hydroxylation sites is 1. The van der Waals surface area contributed by atoms with E-state index < -0.39 is 0 Å². The Hall–Kier alpha value is -2.36. The topological polar surface area (TPSA) is 59.2 Å². The molecule has 0 fully saturated rings. The summed E-state index contributed by atoms with van der Waals surface area (Å²) < 4.78 is 0. The summed E-state index contributed by atoms with van der Waals surface area (Å²) in [6, 6.07) is 13.0. The van der Waals surface area contributed by atoms with Gasteiger partial charge in [-0.05, 0) is 30.7 Å². The predicted octanol–water partition coefficient (Wildman–Crippen LogP) is 3.11. The predicted molar refractivity (Wildman–Crippen MR) is 81.7 cm³/mol. The zero-order chi connectivity index (χ0) is 14.4. The second kappa shape index (κ2) is 6.70. The summed E-state index contributed by atoms with van der Waals surface area (Å²) in [5.41, 5.74) is 7.47. The molecule has 4 nitrogen and oxygen atoms in total. The van der Waals surface area contributed by atoms with Crippen LogP contribution in [0.15, 0.2) is 48.7 Å². The summed E-state index contributed by atoms with van der Waals surface area (Å²) in [6.45, 7) is 2.79. The quantitative estimate of drug-likeness (QED) is 0.907. The van der Waals surface area contributed by atoms with Gasteiger partial charge in [0.15, 0.2) is 0 Å². The lowest BCUT2D eigenvalue weighted by Gasteiger charge is -2.22. The SMILES string of the molecule is CCCCN(C(=O)c1ccc(N)cn1)c1ccccc1. The molecule has 0 saturated carbocycles. The Kier molecular flexibility index (Phi) is 4.71. The Morgan fingerprint density at radius 1 is 1.20 bits per heavy atom. The van der Waals surface area contributed by atoms with E-state index in [9.17, 15) is 4.79 Å². The highest BCUT2D eigenvalue weighted by atomic mass is 16.2. The number of nitrogen functional groups attached to an aromatic ring is 1. The van der Waals surface area contributed by atoms with E-state index in [0.717, 1.165) is 18.5 Å². The van der Waals surface area contributed by atoms with Gasteiger partial charge in [-0.2, -0.15) is 0 Å². The van der Waals surface area contributed by atoms with Crippen LogP contribution in [0.3, 0.4) is 0 Å². The first kappa shape index (κ1) is 14.1. The van der Waals surface area contributed by atoms with Crippen molar-refractivity contribution in [3.63, 3.8) is 0 Å². The van der Waals surface area contributed by atoms with Crippen molar-refractivity contribution in [2.24, 2.45) is 0 Å². The van der Waals surface area contributed by atoms with Crippen LogP contribution in [-0.4, -0.2) is 17.4 Å². The molecule has 0 aliphatic carbocycles. The molecule has 0 radical (unpaired) electrons. The summed E-state index contributed by atoms with van der Waals surface area (Å²) in [5, 5.41) is 0. The number of amides is 1. The lowest BCUT2D eigenvalue weighted by atomic mass is 10.2. The lowest BCUT2D eigenvalue weighted by molar-refractivity contribution is 0.0982. The number of hydrogen-bond acceptors (Lipinski definition) is 3. The molecule has 2 rings (SSSR count). The molecule has 0 atom stereocenters. The minimum absolute atomic E-state index is 0.0929. The molecule has 4 heteroatoms. The fourth-order valence-corrected chi connectivity index (χ4v) is 1.94. The van der Waals surface area contributed by atoms with Gasteiger partial charge < -0.3 is 10.6 Å². The number of anilines is 2. The van der Waals surface area contributed by atoms with Crippen LogP contribution < -0.4 is 10.6 Å². The van der Waals surface area contributed by atoms with Crippen LogP contribution in [0.2, 0.25) is 0 Å². The van der Waals surface area contributed by atoms with Crippen LogP contribution in [-0.2, 0) is 0 Å². The normalized spacial score (nSPS) is 10.2. The molecule has 1 heterocycles. The Morgan fingerprint density at radius 2 is 1.95 bits per heavy atom. The number of carbonyl (C=O) groups is 1. The molecule has 0 aliphatic rings. The Balaban J connectivity index is 2.26. The minimum Gasteiger partial charge on any atom is -0.397 e. The van der Waals surface area contributed by atoms with Crippen LogP contribution in [0.4, 0.5) is 11.4 Å². The summed E-state index contributed by atoms with van der Waals surface area (Å²) in [5.74, 6) is -0.0929. The second-order valence-corrected chi connectivity index (χ2v) is 4.62. The Labute approximate surface area is 119 Å². The first-order valence-electron chi connectivity index (χ1n) is 6.81. The zero-order valence-corrected chi connectivity index (χ0v) is 11.6. The highest BCUT2D eigenvalue weighted by Gasteiger charge is 2.17. The average Bonchev–Trinajstić information content (AvgIpc) is 2.49. The third-order valence-corrected chi connectivity index (χ3v) is 3.05. The van der Waals surface area contributed by atoms with Gasteiger partial charge in [0.05, 0.1) is 11.9 Å². The number of nitrogens with two attached hydrogens (primary N) is 1. The summed E-state index contributed by atoms with van der Waals surface area (Å²) in [4.78, 5) is 18.5. The van der Waals surface area contributed by atoms with Crippen molar-refractivity contribution in [2.75, 3.05) is 17.2 Å². The van der Waals surface area contributed by atoms with Gasteiger partial charge in [0.25, 0.3) is 5.91 Å². The maximum Gasteiger partial charge on any atom is 0.276 e. The number of unbranched alkanes of at least 4 members (excludes halogenated alkanes) is 1. The largest absolute Gasteiger partial charge is 0.397 e. The highest BCUT2D eigenvalue weighted by Crippen LogP contribution is 2.17. The van der Waals surface area contributed by atoms with Crippen LogP contribution >= 0.6 is 0 Å². The molecule has 0 saturated heterocycles. The van der Waals surface area contributed by atoms with Crippen molar-refractivity contribution in [2.45, 2.75) is 19.8 Å². The average molecular weight is 269 g/mol. The number of pyridine rings is 1. The van der Waals surface area contributed by atoms with Crippen molar-refractivity contribution >= 4 is 17.3 Å². The zero-order valence-electron chi connectivity index (χ0n) is 11.6. The van der Waals surface area contributed by atoms with E-state index in [1.807, 2.05) is 30.3 Å². The smallest absolute Gasteiger partial charge is 0.276 e. The fraction of sp³-hybridized carbons (Fsp3) is 0.250. The van der Waals surface area contributed by atoms with Gasteiger partial charge in [-0.3, -0.25) is 4.79 Å². The fourth-order valence-electron chi connectivity index (χ4n) is 1.94. The Morgan fingerprint density at radius 3 is 2.55 bits per heavy atom. The van der Waals surface area contributed by atoms with Gasteiger partial charge in [0.2, 0.25) is 0 Å². The van der Waals surface area contributed by atoms with E-state index in [4.69, 9.17) is 5.73 Å². The van der Waals surface area contributed by atoms with Crippen molar-refractivity contribution < 1.29 is 4.79 Å². The molecular weight excluding hydrogens is 250 g/mol. The molecule has 0 aliphatic heterocycles. The van der Waals surface area contributed by atoms with E-state index in [-0.39, 0.29) is 5.91 Å². The van der Waals surface area contributed by atoms with Gasteiger partial charge in [-0.15, -0.1) is 0 Å². The van der Waals surface area contributed by atoms with Crippen molar-refractivity contribution in [3.8, 4) is 0 Å². The molecule has 0 spiro atoms. The number of hydrogen-bond donors (Lipinski definition) is 1. The number of nitrogens with zero attached hydrogens (tertiary/aromatic N) is 2. The molecule has 0 unspecified atom stereocenters. The van der Waals surface area contributed by atoms with Gasteiger partial charge in [0.1, 0.15) is 5.69 Å². The number of benzene rings is 1. The first-order valence-corrected chi connectivity index (χ1v) is 6.81. The van der Waals surface area contributed by atoms with Crippen molar-refractivity contribution in [1.82, 2.24) is 4.98 Å². The van der Waals surface area contributed by atoms with Crippen molar-refractivity contribution in [3.05, 3.63) is 54.4 Å². The lowest BCUT2D eigenvalue weighted by Crippen LogP contribution is -2.32. The second-order valence-electron chi connectivity index (χ2n) is 4.62. The maximum atomic E-state index is 12.6. The molecular formula is C16H19N3O. The molecule has 20 heavy (non-hydrogen) atoms. The number of aromatic nitrogens is 1.